The monoisotopic (exact) mass is 341 g/mol. The van der Waals surface area contributed by atoms with Gasteiger partial charge in [-0.2, -0.15) is 0 Å². The quantitative estimate of drug-likeness (QED) is 0.320. The van der Waals surface area contributed by atoms with Crippen molar-refractivity contribution in [2.24, 2.45) is 5.73 Å². The third-order valence-corrected chi connectivity index (χ3v) is 3.85. The van der Waals surface area contributed by atoms with Crippen LogP contribution in [0.5, 0.6) is 17.2 Å². The second-order valence-electron chi connectivity index (χ2n) is 4.62. The lowest BCUT2D eigenvalue weighted by Gasteiger charge is -2.13. The van der Waals surface area contributed by atoms with E-state index in [-0.39, 0.29) is 0 Å². The van der Waals surface area contributed by atoms with Crippen LogP contribution in [0.25, 0.3) is 0 Å². The summed E-state index contributed by atoms with van der Waals surface area (Å²) in [6.07, 6.45) is 2.00. The number of rotatable bonds is 9. The van der Waals surface area contributed by atoms with E-state index in [1.807, 2.05) is 12.1 Å². The predicted octanol–water partition coefficient (Wildman–Crippen LogP) is 2.60. The Bertz CT molecular complexity index is 530. The molecule has 0 unspecified atom stereocenters. The van der Waals surface area contributed by atoms with Crippen LogP contribution >= 0.6 is 11.8 Å². The smallest absolute Gasteiger partial charge is 0.332 e. The van der Waals surface area contributed by atoms with E-state index in [0.29, 0.717) is 29.6 Å². The van der Waals surface area contributed by atoms with Crippen LogP contribution in [0.4, 0.5) is 0 Å². The van der Waals surface area contributed by atoms with Gasteiger partial charge < -0.3 is 24.7 Å². The average Bonchev–Trinajstić information content (AvgIpc) is 2.52. The first kappa shape index (κ1) is 19.0. The van der Waals surface area contributed by atoms with E-state index in [9.17, 15) is 4.79 Å². The van der Waals surface area contributed by atoms with E-state index in [0.717, 1.165) is 17.1 Å². The van der Waals surface area contributed by atoms with Crippen molar-refractivity contribution in [3.8, 4) is 17.2 Å². The molecule has 0 radical (unpaired) electrons. The zero-order valence-corrected chi connectivity index (χ0v) is 14.7. The lowest BCUT2D eigenvalue weighted by molar-refractivity contribution is -0.137. The van der Waals surface area contributed by atoms with Gasteiger partial charge in [0.1, 0.15) is 0 Å². The van der Waals surface area contributed by atoms with Crippen LogP contribution in [0.15, 0.2) is 28.8 Å². The largest absolute Gasteiger partial charge is 0.493 e. The Balaban J connectivity index is 2.52. The second-order valence-corrected chi connectivity index (χ2v) is 5.79. The second kappa shape index (κ2) is 9.89. The summed E-state index contributed by atoms with van der Waals surface area (Å²) >= 11 is 1.62. The van der Waals surface area contributed by atoms with Crippen molar-refractivity contribution in [3.05, 3.63) is 23.9 Å². The van der Waals surface area contributed by atoms with E-state index < -0.39 is 5.97 Å². The molecule has 0 aliphatic carbocycles. The Hall–Kier alpha value is -2.02. The van der Waals surface area contributed by atoms with Crippen molar-refractivity contribution in [1.29, 1.82) is 0 Å². The summed E-state index contributed by atoms with van der Waals surface area (Å²) in [6, 6.07) is 3.77. The number of thioether (sulfide) groups is 1. The van der Waals surface area contributed by atoms with Gasteiger partial charge in [-0.15, -0.1) is 11.8 Å². The minimum atomic E-state index is -0.414. The highest BCUT2D eigenvalue weighted by Gasteiger charge is 2.13. The van der Waals surface area contributed by atoms with E-state index in [1.165, 1.54) is 6.08 Å². The summed E-state index contributed by atoms with van der Waals surface area (Å²) in [7, 11) is 4.73. The van der Waals surface area contributed by atoms with E-state index in [1.54, 1.807) is 40.0 Å². The maximum atomic E-state index is 11.3. The molecule has 0 atom stereocenters. The molecule has 6 nitrogen and oxygen atoms in total. The summed E-state index contributed by atoms with van der Waals surface area (Å²) in [5.74, 6) is 2.17. The van der Waals surface area contributed by atoms with E-state index in [2.05, 4.69) is 0 Å². The van der Waals surface area contributed by atoms with Crippen LogP contribution in [-0.4, -0.2) is 39.7 Å². The van der Waals surface area contributed by atoms with Gasteiger partial charge in [-0.25, -0.2) is 4.79 Å². The minimum Gasteiger partial charge on any atom is -0.493 e. The SMILES string of the molecule is COc1cc(SCCCOC(=O)C=C(C)N)cc(OC)c1OC. The molecule has 1 rings (SSSR count). The molecule has 1 aromatic carbocycles. The average molecular weight is 341 g/mol. The highest BCUT2D eigenvalue weighted by atomic mass is 32.2. The molecule has 0 aliphatic heterocycles. The van der Waals surface area contributed by atoms with Crippen LogP contribution in [0, 0.1) is 0 Å². The number of nitrogens with two attached hydrogens (primary N) is 1. The molecule has 1 aromatic rings. The summed E-state index contributed by atoms with van der Waals surface area (Å²) in [6.45, 7) is 1.99. The van der Waals surface area contributed by atoms with Gasteiger partial charge in [-0.3, -0.25) is 0 Å². The lowest BCUT2D eigenvalue weighted by atomic mass is 10.3. The van der Waals surface area contributed by atoms with Gasteiger partial charge in [0.05, 0.1) is 27.9 Å². The van der Waals surface area contributed by atoms with Gasteiger partial charge in [-0.05, 0) is 25.5 Å². The number of esters is 1. The van der Waals surface area contributed by atoms with Gasteiger partial charge in [0.2, 0.25) is 5.75 Å². The molecule has 23 heavy (non-hydrogen) atoms. The van der Waals surface area contributed by atoms with Gasteiger partial charge in [-0.1, -0.05) is 0 Å². The van der Waals surface area contributed by atoms with Gasteiger partial charge >= 0.3 is 5.97 Å². The first-order valence-corrected chi connectivity index (χ1v) is 8.03. The maximum Gasteiger partial charge on any atom is 0.332 e. The number of benzene rings is 1. The van der Waals surface area contributed by atoms with Crippen LogP contribution < -0.4 is 19.9 Å². The van der Waals surface area contributed by atoms with E-state index >= 15 is 0 Å². The zero-order chi connectivity index (χ0) is 17.2. The minimum absolute atomic E-state index is 0.347. The molecule has 7 heteroatoms. The van der Waals surface area contributed by atoms with Crippen LogP contribution in [0.2, 0.25) is 0 Å². The molecular formula is C16H23NO5S. The number of hydrogen-bond donors (Lipinski definition) is 1. The highest BCUT2D eigenvalue weighted by molar-refractivity contribution is 7.99. The third kappa shape index (κ3) is 6.32. The number of carbonyl (C=O) groups excluding carboxylic acids is 1. The highest BCUT2D eigenvalue weighted by Crippen LogP contribution is 2.40. The van der Waals surface area contributed by atoms with Crippen molar-refractivity contribution < 1.29 is 23.7 Å². The molecule has 0 bridgehead atoms. The Kier molecular flexibility index (Phi) is 8.18. The summed E-state index contributed by atoms with van der Waals surface area (Å²) < 4.78 is 20.9. The van der Waals surface area contributed by atoms with Crippen LogP contribution in [0.1, 0.15) is 13.3 Å². The summed E-state index contributed by atoms with van der Waals surface area (Å²) in [4.78, 5) is 12.3. The predicted molar refractivity (Wildman–Crippen MR) is 90.3 cm³/mol. The van der Waals surface area contributed by atoms with Crippen molar-refractivity contribution in [1.82, 2.24) is 0 Å². The topological polar surface area (TPSA) is 80.0 Å². The van der Waals surface area contributed by atoms with Gasteiger partial charge in [0, 0.05) is 22.4 Å². The normalized spacial score (nSPS) is 11.0. The van der Waals surface area contributed by atoms with Gasteiger partial charge in [0.25, 0.3) is 0 Å². The van der Waals surface area contributed by atoms with Crippen molar-refractivity contribution in [2.75, 3.05) is 33.7 Å². The Labute approximate surface area is 140 Å². The standard InChI is InChI=1S/C16H23NO5S/c1-11(17)8-15(18)22-6-5-7-23-12-9-13(19-2)16(21-4)14(10-12)20-3/h8-10H,5-7,17H2,1-4H3. The third-order valence-electron chi connectivity index (χ3n) is 2.79. The molecule has 0 aliphatic rings. The van der Waals surface area contributed by atoms with Crippen molar-refractivity contribution >= 4 is 17.7 Å². The molecule has 0 heterocycles. The Morgan fingerprint density at radius 1 is 1.17 bits per heavy atom. The lowest BCUT2D eigenvalue weighted by Crippen LogP contribution is -2.06. The first-order valence-electron chi connectivity index (χ1n) is 7.05. The van der Waals surface area contributed by atoms with Crippen molar-refractivity contribution in [2.45, 2.75) is 18.2 Å². The molecule has 0 fully saturated rings. The van der Waals surface area contributed by atoms with Crippen molar-refractivity contribution in [3.63, 3.8) is 0 Å². The fraction of sp³-hybridized carbons (Fsp3) is 0.438. The number of ether oxygens (including phenoxy) is 4. The molecule has 0 aromatic heterocycles. The molecular weight excluding hydrogens is 318 g/mol. The number of allylic oxidation sites excluding steroid dienone is 1. The fourth-order valence-electron chi connectivity index (χ4n) is 1.79. The Morgan fingerprint density at radius 3 is 2.26 bits per heavy atom. The first-order chi connectivity index (χ1) is 11.0. The Morgan fingerprint density at radius 2 is 1.78 bits per heavy atom. The fourth-order valence-corrected chi connectivity index (χ4v) is 2.67. The number of methoxy groups -OCH3 is 3. The van der Waals surface area contributed by atoms with Crippen LogP contribution in [-0.2, 0) is 9.53 Å². The molecule has 0 amide bonds. The van der Waals surface area contributed by atoms with Crippen LogP contribution in [0.3, 0.4) is 0 Å². The zero-order valence-electron chi connectivity index (χ0n) is 13.9. The van der Waals surface area contributed by atoms with Gasteiger partial charge in [0.15, 0.2) is 11.5 Å². The number of hydrogen-bond acceptors (Lipinski definition) is 7. The maximum absolute atomic E-state index is 11.3. The molecule has 2 N–H and O–H groups in total. The summed E-state index contributed by atoms with van der Waals surface area (Å²) in [5, 5.41) is 0. The number of carbonyl (C=O) groups is 1. The molecule has 0 saturated heterocycles. The van der Waals surface area contributed by atoms with E-state index in [4.69, 9.17) is 24.7 Å². The summed E-state index contributed by atoms with van der Waals surface area (Å²) in [5.41, 5.74) is 5.83. The molecule has 0 saturated carbocycles. The molecule has 0 spiro atoms. The molecule has 128 valence electrons.